The number of aryl methyl sites for hydroxylation is 1. The van der Waals surface area contributed by atoms with Crippen molar-refractivity contribution in [3.63, 3.8) is 0 Å². The molecule has 1 aliphatic rings. The Hall–Kier alpha value is -0.870. The van der Waals surface area contributed by atoms with Gasteiger partial charge in [0.2, 0.25) is 0 Å². The number of esters is 1. The zero-order valence-corrected chi connectivity index (χ0v) is 9.47. The minimum absolute atomic E-state index is 0.274. The Labute approximate surface area is 92.7 Å². The zero-order chi connectivity index (χ0) is 10.8. The predicted molar refractivity (Wildman–Crippen MR) is 58.2 cm³/mol. The van der Waals surface area contributed by atoms with E-state index in [9.17, 15) is 9.90 Å². The molecule has 0 fully saturated rings. The summed E-state index contributed by atoms with van der Waals surface area (Å²) in [6.07, 6.45) is 2.37. The van der Waals surface area contributed by atoms with E-state index in [4.69, 9.17) is 4.74 Å². The SMILES string of the molecule is CCOC(=O)c1cc2c(s1)CCCC2O. The number of ether oxygens (including phenoxy) is 1. The van der Waals surface area contributed by atoms with Crippen LogP contribution >= 0.6 is 11.3 Å². The molecule has 1 unspecified atom stereocenters. The summed E-state index contributed by atoms with van der Waals surface area (Å²) in [6, 6.07) is 1.78. The first-order chi connectivity index (χ1) is 7.22. The molecular weight excluding hydrogens is 212 g/mol. The van der Waals surface area contributed by atoms with Crippen LogP contribution in [0.15, 0.2) is 6.07 Å². The highest BCUT2D eigenvalue weighted by atomic mass is 32.1. The fourth-order valence-electron chi connectivity index (χ4n) is 1.83. The number of carbonyl (C=O) groups excluding carboxylic acids is 1. The molecule has 2 rings (SSSR count). The second-order valence-corrected chi connectivity index (χ2v) is 4.75. The van der Waals surface area contributed by atoms with Gasteiger partial charge in [0.1, 0.15) is 4.88 Å². The maximum Gasteiger partial charge on any atom is 0.348 e. The van der Waals surface area contributed by atoms with E-state index in [0.29, 0.717) is 11.5 Å². The molecule has 82 valence electrons. The Kier molecular flexibility index (Phi) is 3.07. The van der Waals surface area contributed by atoms with E-state index in [1.165, 1.54) is 11.3 Å². The summed E-state index contributed by atoms with van der Waals surface area (Å²) in [5.74, 6) is -0.274. The molecule has 0 spiro atoms. The molecule has 1 aliphatic carbocycles. The maximum atomic E-state index is 11.5. The van der Waals surface area contributed by atoms with Gasteiger partial charge in [0.25, 0.3) is 0 Å². The van der Waals surface area contributed by atoms with Gasteiger partial charge in [-0.05, 0) is 37.8 Å². The molecule has 0 bridgehead atoms. The van der Waals surface area contributed by atoms with Crippen LogP contribution in [-0.4, -0.2) is 17.7 Å². The van der Waals surface area contributed by atoms with E-state index in [2.05, 4.69) is 0 Å². The van der Waals surface area contributed by atoms with Gasteiger partial charge in [-0.25, -0.2) is 4.79 Å². The third-order valence-corrected chi connectivity index (χ3v) is 3.75. The van der Waals surface area contributed by atoms with Crippen molar-refractivity contribution in [2.45, 2.75) is 32.3 Å². The van der Waals surface area contributed by atoms with Crippen LogP contribution in [0, 0.1) is 0 Å². The van der Waals surface area contributed by atoms with Crippen LogP contribution in [-0.2, 0) is 11.2 Å². The number of fused-ring (bicyclic) bond motifs is 1. The molecule has 1 aromatic rings. The van der Waals surface area contributed by atoms with Gasteiger partial charge >= 0.3 is 5.97 Å². The number of rotatable bonds is 2. The van der Waals surface area contributed by atoms with Gasteiger partial charge in [0.05, 0.1) is 12.7 Å². The zero-order valence-electron chi connectivity index (χ0n) is 8.66. The van der Waals surface area contributed by atoms with E-state index in [1.807, 2.05) is 0 Å². The second kappa shape index (κ2) is 4.33. The largest absolute Gasteiger partial charge is 0.462 e. The van der Waals surface area contributed by atoms with Gasteiger partial charge in [-0.1, -0.05) is 0 Å². The Bertz CT molecular complexity index is 370. The van der Waals surface area contributed by atoms with Crippen LogP contribution in [0.25, 0.3) is 0 Å². The summed E-state index contributed by atoms with van der Waals surface area (Å²) < 4.78 is 4.93. The highest BCUT2D eigenvalue weighted by molar-refractivity contribution is 7.14. The molecule has 0 saturated carbocycles. The van der Waals surface area contributed by atoms with Crippen LogP contribution in [0.2, 0.25) is 0 Å². The molecule has 3 nitrogen and oxygen atoms in total. The first-order valence-corrected chi connectivity index (χ1v) is 6.01. The third-order valence-electron chi connectivity index (χ3n) is 2.56. The number of aliphatic hydroxyl groups is 1. The molecule has 0 aromatic carbocycles. The lowest BCUT2D eigenvalue weighted by Gasteiger charge is -2.16. The lowest BCUT2D eigenvalue weighted by Crippen LogP contribution is -2.05. The summed E-state index contributed by atoms with van der Waals surface area (Å²) in [4.78, 5) is 13.2. The highest BCUT2D eigenvalue weighted by Crippen LogP contribution is 2.35. The maximum absolute atomic E-state index is 11.5. The Morgan fingerprint density at radius 1 is 1.73 bits per heavy atom. The lowest BCUT2D eigenvalue weighted by molar-refractivity contribution is 0.0532. The van der Waals surface area contributed by atoms with Gasteiger partial charge < -0.3 is 9.84 Å². The lowest BCUT2D eigenvalue weighted by atomic mass is 9.96. The summed E-state index contributed by atoms with van der Waals surface area (Å²) in [5.41, 5.74) is 0.925. The summed E-state index contributed by atoms with van der Waals surface area (Å²) in [7, 11) is 0. The van der Waals surface area contributed by atoms with Crippen molar-refractivity contribution >= 4 is 17.3 Å². The minimum atomic E-state index is -0.395. The number of carbonyl (C=O) groups is 1. The van der Waals surface area contributed by atoms with Crippen LogP contribution in [0.5, 0.6) is 0 Å². The molecule has 15 heavy (non-hydrogen) atoms. The van der Waals surface area contributed by atoms with Crippen molar-refractivity contribution in [2.24, 2.45) is 0 Å². The fraction of sp³-hybridized carbons (Fsp3) is 0.545. The molecule has 4 heteroatoms. The van der Waals surface area contributed by atoms with Crippen molar-refractivity contribution in [2.75, 3.05) is 6.61 Å². The van der Waals surface area contributed by atoms with Crippen molar-refractivity contribution in [3.8, 4) is 0 Å². The summed E-state index contributed by atoms with van der Waals surface area (Å²) in [6.45, 7) is 2.18. The molecule has 0 amide bonds. The third kappa shape index (κ3) is 2.06. The predicted octanol–water partition coefficient (Wildman–Crippen LogP) is 2.29. The molecule has 0 radical (unpaired) electrons. The molecule has 0 aliphatic heterocycles. The fourth-order valence-corrected chi connectivity index (χ4v) is 2.99. The average Bonchev–Trinajstić information content (AvgIpc) is 2.63. The van der Waals surface area contributed by atoms with E-state index < -0.39 is 6.10 Å². The van der Waals surface area contributed by atoms with Crippen molar-refractivity contribution in [1.82, 2.24) is 0 Å². The molecule has 1 aromatic heterocycles. The van der Waals surface area contributed by atoms with E-state index >= 15 is 0 Å². The van der Waals surface area contributed by atoms with Gasteiger partial charge in [-0.2, -0.15) is 0 Å². The van der Waals surface area contributed by atoms with Crippen LogP contribution in [0.3, 0.4) is 0 Å². The minimum Gasteiger partial charge on any atom is -0.462 e. The van der Waals surface area contributed by atoms with Crippen LogP contribution < -0.4 is 0 Å². The summed E-state index contributed by atoms with van der Waals surface area (Å²) >= 11 is 1.45. The summed E-state index contributed by atoms with van der Waals surface area (Å²) in [5, 5.41) is 9.74. The number of hydrogen-bond acceptors (Lipinski definition) is 4. The van der Waals surface area contributed by atoms with Crippen molar-refractivity contribution < 1.29 is 14.6 Å². The van der Waals surface area contributed by atoms with Crippen LogP contribution in [0.4, 0.5) is 0 Å². The van der Waals surface area contributed by atoms with Crippen molar-refractivity contribution in [3.05, 3.63) is 21.4 Å². The molecule has 1 N–H and O–H groups in total. The second-order valence-electron chi connectivity index (χ2n) is 3.62. The quantitative estimate of drug-likeness (QED) is 0.787. The topological polar surface area (TPSA) is 46.5 Å². The van der Waals surface area contributed by atoms with E-state index in [1.54, 1.807) is 13.0 Å². The van der Waals surface area contributed by atoms with E-state index in [0.717, 1.165) is 29.7 Å². The number of hydrogen-bond donors (Lipinski definition) is 1. The first-order valence-electron chi connectivity index (χ1n) is 5.20. The number of aliphatic hydroxyl groups excluding tert-OH is 1. The van der Waals surface area contributed by atoms with Gasteiger partial charge in [0, 0.05) is 4.88 Å². The average molecular weight is 226 g/mol. The van der Waals surface area contributed by atoms with Gasteiger partial charge in [-0.15, -0.1) is 11.3 Å². The first kappa shape index (κ1) is 10.6. The molecule has 1 atom stereocenters. The molecular formula is C11H14O3S. The van der Waals surface area contributed by atoms with Crippen LogP contribution in [0.1, 0.15) is 46.0 Å². The number of thiophene rings is 1. The Morgan fingerprint density at radius 2 is 2.53 bits per heavy atom. The Balaban J connectivity index is 2.25. The molecule has 0 saturated heterocycles. The van der Waals surface area contributed by atoms with Gasteiger partial charge in [0.15, 0.2) is 0 Å². The molecule has 1 heterocycles. The highest BCUT2D eigenvalue weighted by Gasteiger charge is 2.23. The Morgan fingerprint density at radius 3 is 3.20 bits per heavy atom. The van der Waals surface area contributed by atoms with E-state index in [-0.39, 0.29) is 5.97 Å². The smallest absolute Gasteiger partial charge is 0.348 e. The normalized spacial score (nSPS) is 19.7. The standard InChI is InChI=1S/C11H14O3S/c1-2-14-11(13)10-6-7-8(12)4-3-5-9(7)15-10/h6,8,12H,2-5H2,1H3. The van der Waals surface area contributed by atoms with Gasteiger partial charge in [-0.3, -0.25) is 0 Å². The van der Waals surface area contributed by atoms with Crippen molar-refractivity contribution in [1.29, 1.82) is 0 Å². The monoisotopic (exact) mass is 226 g/mol.